The molecular formula is C26H33N3O2S. The molecule has 2 atom stereocenters. The van der Waals surface area contributed by atoms with Crippen molar-refractivity contribution in [2.24, 2.45) is 11.3 Å². The molecule has 4 rings (SSSR count). The van der Waals surface area contributed by atoms with Gasteiger partial charge in [0.2, 0.25) is 5.91 Å². The second-order valence-corrected chi connectivity index (χ2v) is 11.2. The van der Waals surface area contributed by atoms with Gasteiger partial charge in [-0.05, 0) is 67.6 Å². The van der Waals surface area contributed by atoms with Gasteiger partial charge in [0.1, 0.15) is 10.9 Å². The highest BCUT2D eigenvalue weighted by Crippen LogP contribution is 2.42. The van der Waals surface area contributed by atoms with Crippen molar-refractivity contribution in [1.29, 1.82) is 0 Å². The van der Waals surface area contributed by atoms with E-state index in [2.05, 4.69) is 38.0 Å². The maximum Gasteiger partial charge on any atom is 0.263 e. The van der Waals surface area contributed by atoms with Gasteiger partial charge in [-0.3, -0.25) is 14.2 Å². The van der Waals surface area contributed by atoms with Crippen molar-refractivity contribution in [3.8, 4) is 0 Å². The van der Waals surface area contributed by atoms with E-state index in [1.165, 1.54) is 15.8 Å². The van der Waals surface area contributed by atoms with Gasteiger partial charge in [-0.2, -0.15) is 0 Å². The van der Waals surface area contributed by atoms with E-state index >= 15 is 0 Å². The summed E-state index contributed by atoms with van der Waals surface area (Å²) >= 11 is 1.65. The minimum Gasteiger partial charge on any atom is -0.324 e. The fourth-order valence-electron chi connectivity index (χ4n) is 4.75. The van der Waals surface area contributed by atoms with Crippen molar-refractivity contribution in [2.45, 2.75) is 73.3 Å². The predicted molar refractivity (Wildman–Crippen MR) is 133 cm³/mol. The fraction of sp³-hybridized carbons (Fsp3) is 0.500. The number of nitrogens with one attached hydrogen (secondary N) is 1. The number of aromatic nitrogens is 2. The van der Waals surface area contributed by atoms with E-state index in [1.54, 1.807) is 18.3 Å². The molecule has 2 heterocycles. The molecule has 0 radical (unpaired) electrons. The van der Waals surface area contributed by atoms with Gasteiger partial charge < -0.3 is 5.32 Å². The molecule has 2 unspecified atom stereocenters. The largest absolute Gasteiger partial charge is 0.324 e. The molecule has 0 saturated heterocycles. The Morgan fingerprint density at radius 2 is 2.09 bits per heavy atom. The third kappa shape index (κ3) is 4.01. The summed E-state index contributed by atoms with van der Waals surface area (Å²) in [6.07, 6.45) is 5.36. The van der Waals surface area contributed by atoms with Crippen molar-refractivity contribution >= 4 is 33.1 Å². The molecule has 5 nitrogen and oxygen atoms in total. The van der Waals surface area contributed by atoms with Crippen LogP contribution in [-0.4, -0.2) is 15.5 Å². The molecule has 170 valence electrons. The first-order valence-corrected chi connectivity index (χ1v) is 12.3. The van der Waals surface area contributed by atoms with Gasteiger partial charge in [-0.25, -0.2) is 4.98 Å². The number of aryl methyl sites for hydroxylation is 3. The number of thiophene rings is 1. The van der Waals surface area contributed by atoms with E-state index in [9.17, 15) is 9.59 Å². The van der Waals surface area contributed by atoms with E-state index < -0.39 is 6.04 Å². The van der Waals surface area contributed by atoms with Gasteiger partial charge in [0.05, 0.1) is 11.7 Å². The van der Waals surface area contributed by atoms with Gasteiger partial charge in [0.25, 0.3) is 5.56 Å². The van der Waals surface area contributed by atoms with Crippen LogP contribution in [0.15, 0.2) is 29.3 Å². The number of hydrogen-bond acceptors (Lipinski definition) is 4. The summed E-state index contributed by atoms with van der Waals surface area (Å²) in [6, 6.07) is 5.36. The Balaban J connectivity index is 1.66. The van der Waals surface area contributed by atoms with Gasteiger partial charge in [-0.1, -0.05) is 45.9 Å². The van der Waals surface area contributed by atoms with E-state index in [0.717, 1.165) is 52.9 Å². The molecule has 1 N–H and O–H groups in total. The third-order valence-corrected chi connectivity index (χ3v) is 8.17. The van der Waals surface area contributed by atoms with Gasteiger partial charge in [0.15, 0.2) is 0 Å². The van der Waals surface area contributed by atoms with Crippen LogP contribution in [0.3, 0.4) is 0 Å². The summed E-state index contributed by atoms with van der Waals surface area (Å²) in [5.74, 6) is 0.408. The van der Waals surface area contributed by atoms with Crippen LogP contribution in [0, 0.1) is 18.3 Å². The molecule has 0 saturated carbocycles. The van der Waals surface area contributed by atoms with E-state index in [1.807, 2.05) is 25.1 Å². The molecular weight excluding hydrogens is 418 g/mol. The molecule has 3 aromatic rings. The van der Waals surface area contributed by atoms with Crippen molar-refractivity contribution in [1.82, 2.24) is 9.55 Å². The Labute approximate surface area is 193 Å². The predicted octanol–water partition coefficient (Wildman–Crippen LogP) is 5.68. The maximum absolute atomic E-state index is 13.5. The van der Waals surface area contributed by atoms with Gasteiger partial charge in [-0.15, -0.1) is 11.3 Å². The number of benzene rings is 1. The van der Waals surface area contributed by atoms with E-state index in [-0.39, 0.29) is 16.9 Å². The monoisotopic (exact) mass is 451 g/mol. The SMILES string of the molecule is CCc1cccc(C)c1NC(=O)C(C)n1cnc2sc3c(c2c1=O)CCC(C(C)(C)C)C3. The summed E-state index contributed by atoms with van der Waals surface area (Å²) in [7, 11) is 0. The van der Waals surface area contributed by atoms with Crippen LogP contribution in [0.2, 0.25) is 0 Å². The molecule has 1 aromatic carbocycles. The average Bonchev–Trinajstić information content (AvgIpc) is 3.12. The Bertz CT molecular complexity index is 1230. The Kier molecular flexibility index (Phi) is 6.01. The summed E-state index contributed by atoms with van der Waals surface area (Å²) in [4.78, 5) is 33.3. The number of nitrogens with zero attached hydrogens (tertiary/aromatic N) is 2. The maximum atomic E-state index is 13.5. The van der Waals surface area contributed by atoms with Crippen molar-refractivity contribution in [3.05, 3.63) is 56.4 Å². The summed E-state index contributed by atoms with van der Waals surface area (Å²) in [6.45, 7) is 12.7. The first kappa shape index (κ1) is 22.7. The molecule has 1 aliphatic carbocycles. The standard InChI is InChI=1S/C26H33N3O2S/c1-7-17-10-8-9-15(2)22(17)28-23(30)16(3)29-14-27-24-21(25(29)31)19-12-11-18(26(4,5)6)13-20(19)32-24/h8-10,14,16,18H,7,11-13H2,1-6H3,(H,28,30). The molecule has 0 bridgehead atoms. The molecule has 6 heteroatoms. The molecule has 1 aliphatic rings. The summed E-state index contributed by atoms with van der Waals surface area (Å²) in [5.41, 5.74) is 4.25. The molecule has 1 amide bonds. The highest BCUT2D eigenvalue weighted by molar-refractivity contribution is 7.18. The topological polar surface area (TPSA) is 64.0 Å². The second-order valence-electron chi connectivity index (χ2n) is 10.1. The van der Waals surface area contributed by atoms with E-state index in [4.69, 9.17) is 0 Å². The lowest BCUT2D eigenvalue weighted by atomic mass is 9.72. The number of amides is 1. The molecule has 0 spiro atoms. The van der Waals surface area contributed by atoms with E-state index in [0.29, 0.717) is 11.3 Å². The number of hydrogen-bond donors (Lipinski definition) is 1. The zero-order chi connectivity index (χ0) is 23.2. The zero-order valence-electron chi connectivity index (χ0n) is 19.9. The number of fused-ring (bicyclic) bond motifs is 3. The molecule has 0 aliphatic heterocycles. The molecule has 32 heavy (non-hydrogen) atoms. The normalized spacial score (nSPS) is 17.2. The fourth-order valence-corrected chi connectivity index (χ4v) is 6.01. The zero-order valence-corrected chi connectivity index (χ0v) is 20.7. The minimum atomic E-state index is -0.648. The minimum absolute atomic E-state index is 0.107. The Morgan fingerprint density at radius 1 is 1.34 bits per heavy atom. The van der Waals surface area contributed by atoms with Crippen LogP contribution in [-0.2, 0) is 24.1 Å². The Morgan fingerprint density at radius 3 is 2.78 bits per heavy atom. The summed E-state index contributed by atoms with van der Waals surface area (Å²) in [5, 5.41) is 3.77. The quantitative estimate of drug-likeness (QED) is 0.555. The Hall–Kier alpha value is -2.47. The van der Waals surface area contributed by atoms with Crippen LogP contribution in [0.5, 0.6) is 0 Å². The van der Waals surface area contributed by atoms with Crippen molar-refractivity contribution in [3.63, 3.8) is 0 Å². The third-order valence-electron chi connectivity index (χ3n) is 7.00. The smallest absolute Gasteiger partial charge is 0.263 e. The van der Waals surface area contributed by atoms with Crippen LogP contribution < -0.4 is 10.9 Å². The highest BCUT2D eigenvalue weighted by atomic mass is 32.1. The lowest BCUT2D eigenvalue weighted by Crippen LogP contribution is -2.32. The number of carbonyl (C=O) groups excluding carboxylic acids is 1. The molecule has 2 aromatic heterocycles. The van der Waals surface area contributed by atoms with Crippen molar-refractivity contribution < 1.29 is 4.79 Å². The van der Waals surface area contributed by atoms with Crippen LogP contribution in [0.4, 0.5) is 5.69 Å². The number of rotatable bonds is 4. The van der Waals surface area contributed by atoms with Crippen LogP contribution >= 0.6 is 11.3 Å². The average molecular weight is 452 g/mol. The van der Waals surface area contributed by atoms with Crippen LogP contribution in [0.1, 0.15) is 68.6 Å². The van der Waals surface area contributed by atoms with Gasteiger partial charge >= 0.3 is 0 Å². The number of carbonyl (C=O) groups is 1. The van der Waals surface area contributed by atoms with Gasteiger partial charge in [0, 0.05) is 10.6 Å². The van der Waals surface area contributed by atoms with Crippen molar-refractivity contribution in [2.75, 3.05) is 5.32 Å². The molecule has 0 fully saturated rings. The van der Waals surface area contributed by atoms with Crippen LogP contribution in [0.25, 0.3) is 10.2 Å². The second kappa shape index (κ2) is 8.47. The first-order chi connectivity index (χ1) is 15.1. The number of anilines is 1. The lowest BCUT2D eigenvalue weighted by molar-refractivity contribution is -0.118. The highest BCUT2D eigenvalue weighted by Gasteiger charge is 2.32. The first-order valence-electron chi connectivity index (χ1n) is 11.5. The summed E-state index contributed by atoms with van der Waals surface area (Å²) < 4.78 is 1.49. The lowest BCUT2D eigenvalue weighted by Gasteiger charge is -2.33. The number of para-hydroxylation sites is 1.